The number of nitrogens with zero attached hydrogens (tertiary/aromatic N) is 2. The van der Waals surface area contributed by atoms with Crippen LogP contribution in [-0.2, 0) is 0 Å². The molecule has 19 heavy (non-hydrogen) atoms. The standard InChI is InChI=1S/C12H11F2N3O2/c13-12(14)4-9-7-3-6(10(18)19)1-2-8(7)16-11(15)17(9)5-12/h1-3,9H,4-5H2,(H2,15,16)(H,18,19)/t9-/m0/s1. The van der Waals surface area contributed by atoms with E-state index in [1.54, 1.807) is 0 Å². The molecule has 3 N–H and O–H groups in total. The SMILES string of the molecule is NC1=Nc2ccc(C(=O)O)cc2[C@@H]2CC(F)(F)CN12. The molecule has 0 aliphatic carbocycles. The third-order valence-electron chi connectivity index (χ3n) is 3.43. The van der Waals surface area contributed by atoms with Crippen LogP contribution in [0.15, 0.2) is 23.2 Å². The normalized spacial score (nSPS) is 23.6. The fourth-order valence-corrected chi connectivity index (χ4v) is 2.58. The Morgan fingerprint density at radius 3 is 2.95 bits per heavy atom. The third-order valence-corrected chi connectivity index (χ3v) is 3.43. The minimum absolute atomic E-state index is 0.0535. The van der Waals surface area contributed by atoms with Gasteiger partial charge < -0.3 is 15.7 Å². The highest BCUT2D eigenvalue weighted by Crippen LogP contribution is 2.46. The number of guanidine groups is 1. The highest BCUT2D eigenvalue weighted by molar-refractivity contribution is 5.90. The van der Waals surface area contributed by atoms with Gasteiger partial charge in [-0.25, -0.2) is 18.6 Å². The summed E-state index contributed by atoms with van der Waals surface area (Å²) < 4.78 is 27.0. The summed E-state index contributed by atoms with van der Waals surface area (Å²) in [5.74, 6) is -3.88. The fourth-order valence-electron chi connectivity index (χ4n) is 2.58. The van der Waals surface area contributed by atoms with E-state index in [2.05, 4.69) is 4.99 Å². The summed E-state index contributed by atoms with van der Waals surface area (Å²) in [6.45, 7) is -0.482. The molecule has 5 nitrogen and oxygen atoms in total. The van der Waals surface area contributed by atoms with Crippen LogP contribution in [0.4, 0.5) is 14.5 Å². The maximum Gasteiger partial charge on any atom is 0.335 e. The second kappa shape index (κ2) is 3.66. The molecule has 7 heteroatoms. The molecule has 2 aliphatic rings. The number of fused-ring (bicyclic) bond motifs is 3. The van der Waals surface area contributed by atoms with Crippen molar-refractivity contribution in [2.45, 2.75) is 18.4 Å². The Bertz CT molecular complexity index is 601. The Morgan fingerprint density at radius 2 is 2.26 bits per heavy atom. The Balaban J connectivity index is 2.11. The van der Waals surface area contributed by atoms with Gasteiger partial charge in [0.1, 0.15) is 0 Å². The van der Waals surface area contributed by atoms with Gasteiger partial charge in [-0.15, -0.1) is 0 Å². The first-order valence-corrected chi connectivity index (χ1v) is 5.73. The molecular weight excluding hydrogens is 256 g/mol. The molecule has 1 aromatic rings. The number of aliphatic imine (C=N–C) groups is 1. The van der Waals surface area contributed by atoms with Crippen LogP contribution in [0.1, 0.15) is 28.4 Å². The molecule has 0 saturated carbocycles. The van der Waals surface area contributed by atoms with Crippen LogP contribution < -0.4 is 5.73 Å². The molecule has 2 heterocycles. The predicted molar refractivity (Wildman–Crippen MR) is 63.7 cm³/mol. The highest BCUT2D eigenvalue weighted by atomic mass is 19.3. The lowest BCUT2D eigenvalue weighted by atomic mass is 9.98. The minimum atomic E-state index is -2.84. The van der Waals surface area contributed by atoms with Crippen molar-refractivity contribution in [2.75, 3.05) is 6.54 Å². The monoisotopic (exact) mass is 267 g/mol. The number of hydrogen-bond donors (Lipinski definition) is 2. The molecule has 1 atom stereocenters. The Labute approximate surface area is 107 Å². The number of carboxylic acid groups (broad SMARTS) is 1. The van der Waals surface area contributed by atoms with Crippen LogP contribution in [0.2, 0.25) is 0 Å². The number of nitrogens with two attached hydrogens (primary N) is 1. The van der Waals surface area contributed by atoms with Gasteiger partial charge in [0.15, 0.2) is 5.96 Å². The second-order valence-corrected chi connectivity index (χ2v) is 4.75. The van der Waals surface area contributed by atoms with Crippen LogP contribution in [0.3, 0.4) is 0 Å². The maximum absolute atomic E-state index is 13.5. The molecule has 1 fully saturated rings. The first-order chi connectivity index (χ1) is 8.87. The van der Waals surface area contributed by atoms with Crippen LogP contribution in [0.5, 0.6) is 0 Å². The molecular formula is C12H11F2N3O2. The van der Waals surface area contributed by atoms with Crippen molar-refractivity contribution in [1.29, 1.82) is 0 Å². The molecule has 100 valence electrons. The molecule has 0 aromatic heterocycles. The zero-order valence-corrected chi connectivity index (χ0v) is 9.81. The predicted octanol–water partition coefficient (Wildman–Crippen LogP) is 1.73. The smallest absolute Gasteiger partial charge is 0.335 e. The van der Waals surface area contributed by atoms with Crippen LogP contribution in [0.25, 0.3) is 0 Å². The van der Waals surface area contributed by atoms with E-state index in [4.69, 9.17) is 10.8 Å². The third kappa shape index (κ3) is 1.81. The molecule has 0 unspecified atom stereocenters. The van der Waals surface area contributed by atoms with Gasteiger partial charge in [0.05, 0.1) is 23.8 Å². The van der Waals surface area contributed by atoms with E-state index in [0.29, 0.717) is 11.3 Å². The lowest BCUT2D eigenvalue weighted by molar-refractivity contribution is 0.0164. The minimum Gasteiger partial charge on any atom is -0.478 e. The van der Waals surface area contributed by atoms with Crippen molar-refractivity contribution in [2.24, 2.45) is 10.7 Å². The van der Waals surface area contributed by atoms with Crippen molar-refractivity contribution in [3.8, 4) is 0 Å². The molecule has 1 saturated heterocycles. The summed E-state index contributed by atoms with van der Waals surface area (Å²) in [6, 6.07) is 3.68. The van der Waals surface area contributed by atoms with Crippen molar-refractivity contribution >= 4 is 17.6 Å². The summed E-state index contributed by atoms with van der Waals surface area (Å²) in [4.78, 5) is 16.3. The second-order valence-electron chi connectivity index (χ2n) is 4.75. The van der Waals surface area contributed by atoms with Gasteiger partial charge in [-0.1, -0.05) is 0 Å². The lowest BCUT2D eigenvalue weighted by Gasteiger charge is -2.30. The molecule has 2 aliphatic heterocycles. The van der Waals surface area contributed by atoms with Gasteiger partial charge >= 0.3 is 5.97 Å². The summed E-state index contributed by atoms with van der Waals surface area (Å²) >= 11 is 0. The first kappa shape index (κ1) is 11.9. The van der Waals surface area contributed by atoms with Crippen LogP contribution >= 0.6 is 0 Å². The van der Waals surface area contributed by atoms with Gasteiger partial charge in [-0.2, -0.15) is 0 Å². The van der Waals surface area contributed by atoms with Gasteiger partial charge in [-0.05, 0) is 18.2 Å². The topological polar surface area (TPSA) is 78.9 Å². The van der Waals surface area contributed by atoms with Crippen molar-refractivity contribution in [1.82, 2.24) is 4.90 Å². The number of halogens is 2. The van der Waals surface area contributed by atoms with Gasteiger partial charge in [0.25, 0.3) is 5.92 Å². The maximum atomic E-state index is 13.5. The Hall–Kier alpha value is -2.18. The van der Waals surface area contributed by atoms with E-state index in [9.17, 15) is 13.6 Å². The average molecular weight is 267 g/mol. The average Bonchev–Trinajstić information content (AvgIpc) is 2.65. The number of carbonyl (C=O) groups is 1. The van der Waals surface area contributed by atoms with Crippen LogP contribution in [0, 0.1) is 0 Å². The zero-order valence-electron chi connectivity index (χ0n) is 9.81. The fraction of sp³-hybridized carbons (Fsp3) is 0.333. The molecule has 0 radical (unpaired) electrons. The van der Waals surface area contributed by atoms with E-state index in [0.717, 1.165) is 0 Å². The summed E-state index contributed by atoms with van der Waals surface area (Å²) in [6.07, 6.45) is -0.376. The lowest BCUT2D eigenvalue weighted by Crippen LogP contribution is -2.40. The van der Waals surface area contributed by atoms with Gasteiger partial charge in [-0.3, -0.25) is 0 Å². The summed E-state index contributed by atoms with van der Waals surface area (Å²) in [5.41, 5.74) is 6.69. The number of carboxylic acids is 1. The van der Waals surface area contributed by atoms with Crippen molar-refractivity contribution in [3.63, 3.8) is 0 Å². The number of rotatable bonds is 1. The molecule has 1 aromatic carbocycles. The van der Waals surface area contributed by atoms with E-state index in [1.165, 1.54) is 23.1 Å². The largest absolute Gasteiger partial charge is 0.478 e. The number of aromatic carboxylic acids is 1. The number of alkyl halides is 2. The van der Waals surface area contributed by atoms with Crippen molar-refractivity contribution in [3.05, 3.63) is 29.3 Å². The molecule has 3 rings (SSSR count). The van der Waals surface area contributed by atoms with Crippen molar-refractivity contribution < 1.29 is 18.7 Å². The highest BCUT2D eigenvalue weighted by Gasteiger charge is 2.48. The zero-order chi connectivity index (χ0) is 13.8. The Morgan fingerprint density at radius 1 is 1.53 bits per heavy atom. The first-order valence-electron chi connectivity index (χ1n) is 5.73. The van der Waals surface area contributed by atoms with Gasteiger partial charge in [0.2, 0.25) is 0 Å². The number of hydrogen-bond acceptors (Lipinski definition) is 4. The molecule has 0 spiro atoms. The van der Waals surface area contributed by atoms with Crippen LogP contribution in [-0.4, -0.2) is 34.4 Å². The van der Waals surface area contributed by atoms with E-state index in [-0.39, 0.29) is 17.9 Å². The summed E-state index contributed by atoms with van der Waals surface area (Å²) in [7, 11) is 0. The van der Waals surface area contributed by atoms with E-state index in [1.807, 2.05) is 0 Å². The molecule has 0 amide bonds. The number of benzene rings is 1. The quantitative estimate of drug-likeness (QED) is 0.812. The Kier molecular flexibility index (Phi) is 2.29. The van der Waals surface area contributed by atoms with Gasteiger partial charge in [0, 0.05) is 12.0 Å². The molecule has 0 bridgehead atoms. The van der Waals surface area contributed by atoms with E-state index >= 15 is 0 Å². The van der Waals surface area contributed by atoms with E-state index < -0.39 is 24.5 Å². The summed E-state index contributed by atoms with van der Waals surface area (Å²) in [5, 5.41) is 8.96.